The van der Waals surface area contributed by atoms with Crippen LogP contribution >= 0.6 is 11.6 Å². The average molecular weight is 573 g/mol. The molecule has 218 valence electrons. The number of likely N-dealkylation sites (tertiary alicyclic amines) is 1. The maximum atomic E-state index is 14.7. The van der Waals surface area contributed by atoms with E-state index in [0.29, 0.717) is 42.8 Å². The largest absolute Gasteiger partial charge is 0.465 e. The number of amides is 2. The Balaban J connectivity index is 1.83. The minimum Gasteiger partial charge on any atom is -0.465 e. The van der Waals surface area contributed by atoms with E-state index in [2.05, 4.69) is 13.2 Å². The van der Waals surface area contributed by atoms with Gasteiger partial charge in [0, 0.05) is 6.54 Å². The van der Waals surface area contributed by atoms with E-state index in [1.54, 1.807) is 36.4 Å². The van der Waals surface area contributed by atoms with Crippen LogP contribution in [0.5, 0.6) is 0 Å². The van der Waals surface area contributed by atoms with Gasteiger partial charge in [0.1, 0.15) is 17.6 Å². The number of rotatable bonds is 13. The molecule has 2 bridgehead atoms. The number of ether oxygens (including phenoxy) is 2. The maximum absolute atomic E-state index is 14.7. The number of carbonyl (C=O) groups is 3. The molecule has 3 fully saturated rings. The van der Waals surface area contributed by atoms with Crippen molar-refractivity contribution in [2.45, 2.75) is 76.2 Å². The van der Waals surface area contributed by atoms with Gasteiger partial charge in [0.2, 0.25) is 5.91 Å². The number of hydrogen-bond donors (Lipinski definition) is 1. The van der Waals surface area contributed by atoms with Crippen molar-refractivity contribution in [3.05, 3.63) is 54.6 Å². The molecule has 0 aliphatic carbocycles. The van der Waals surface area contributed by atoms with Crippen molar-refractivity contribution in [3.8, 4) is 0 Å². The summed E-state index contributed by atoms with van der Waals surface area (Å²) in [5, 5.41) is 10.8. The van der Waals surface area contributed by atoms with Crippen LogP contribution in [0.15, 0.2) is 49.6 Å². The molecule has 3 heterocycles. The van der Waals surface area contributed by atoms with Gasteiger partial charge in [-0.05, 0) is 50.2 Å². The maximum Gasteiger partial charge on any atom is 0.312 e. The van der Waals surface area contributed by atoms with Gasteiger partial charge in [-0.15, -0.1) is 13.2 Å². The molecule has 4 rings (SSSR count). The van der Waals surface area contributed by atoms with Crippen molar-refractivity contribution in [1.29, 1.82) is 0 Å². The van der Waals surface area contributed by atoms with Crippen molar-refractivity contribution >= 4 is 35.1 Å². The fraction of sp³-hybridized carbons (Fsp3) is 0.581. The molecule has 9 heteroatoms. The Bertz CT molecular complexity index is 1160. The van der Waals surface area contributed by atoms with Crippen LogP contribution in [0.25, 0.3) is 0 Å². The van der Waals surface area contributed by atoms with Crippen LogP contribution in [0.2, 0.25) is 5.02 Å². The number of nitrogens with zero attached hydrogens (tertiary/aromatic N) is 2. The highest BCUT2D eigenvalue weighted by Crippen LogP contribution is 2.65. The number of para-hydroxylation sites is 1. The summed E-state index contributed by atoms with van der Waals surface area (Å²) in [6, 6.07) is 5.30. The summed E-state index contributed by atoms with van der Waals surface area (Å²) in [7, 11) is 0. The van der Waals surface area contributed by atoms with Crippen molar-refractivity contribution in [3.63, 3.8) is 0 Å². The molecule has 3 aliphatic rings. The first-order valence-corrected chi connectivity index (χ1v) is 14.6. The molecule has 1 aromatic rings. The highest BCUT2D eigenvalue weighted by atomic mass is 35.5. The fourth-order valence-corrected chi connectivity index (χ4v) is 7.25. The standard InChI is InChI=1S/C31H41ClN2O6/c1-6-9-12-18-39-29(38)25-24-27(36)34(23(19-35)20(4)5)26(31(24)16-15-30(25,8-3)40-31)28(37)33(17-7-2)22-14-11-10-13-21(22)32/h6-7,10-11,13-14,20,23-26,35H,1-2,8-9,12,15-19H2,3-5H3/t23-,24-,25-,26?,30+,31?/m0/s1. The highest BCUT2D eigenvalue weighted by Gasteiger charge is 2.79. The number of hydrogen-bond acceptors (Lipinski definition) is 6. The van der Waals surface area contributed by atoms with Crippen molar-refractivity contribution in [2.24, 2.45) is 17.8 Å². The Kier molecular flexibility index (Phi) is 9.12. The summed E-state index contributed by atoms with van der Waals surface area (Å²) in [5.41, 5.74) is -1.65. The molecule has 0 aromatic heterocycles. The zero-order chi connectivity index (χ0) is 29.2. The minimum absolute atomic E-state index is 0.154. The van der Waals surface area contributed by atoms with E-state index in [4.69, 9.17) is 21.1 Å². The number of halogens is 1. The monoisotopic (exact) mass is 572 g/mol. The predicted octanol–water partition coefficient (Wildman–Crippen LogP) is 4.54. The van der Waals surface area contributed by atoms with Gasteiger partial charge in [0.15, 0.2) is 0 Å². The Morgan fingerprint density at radius 2 is 2.00 bits per heavy atom. The molecule has 3 aliphatic heterocycles. The predicted molar refractivity (Wildman–Crippen MR) is 154 cm³/mol. The second kappa shape index (κ2) is 12.0. The first-order chi connectivity index (χ1) is 19.1. The molecule has 1 aromatic carbocycles. The Morgan fingerprint density at radius 1 is 1.27 bits per heavy atom. The molecule has 1 N–H and O–H groups in total. The van der Waals surface area contributed by atoms with Gasteiger partial charge >= 0.3 is 5.97 Å². The summed E-state index contributed by atoms with van der Waals surface area (Å²) in [5.74, 6) is -3.11. The molecule has 6 atom stereocenters. The summed E-state index contributed by atoms with van der Waals surface area (Å²) in [6.07, 6.45) is 6.17. The van der Waals surface area contributed by atoms with Crippen LogP contribution in [-0.2, 0) is 23.9 Å². The number of aliphatic hydroxyl groups excluding tert-OH is 1. The van der Waals surface area contributed by atoms with E-state index in [1.807, 2.05) is 20.8 Å². The van der Waals surface area contributed by atoms with Crippen molar-refractivity contribution < 1.29 is 29.0 Å². The molecule has 3 saturated heterocycles. The van der Waals surface area contributed by atoms with Crippen LogP contribution in [0.3, 0.4) is 0 Å². The smallest absolute Gasteiger partial charge is 0.312 e. The number of anilines is 1. The summed E-state index contributed by atoms with van der Waals surface area (Å²) in [4.78, 5) is 45.7. The molecule has 40 heavy (non-hydrogen) atoms. The fourth-order valence-electron chi connectivity index (χ4n) is 7.02. The molecule has 1 spiro atoms. The molecule has 2 amide bonds. The molecule has 0 radical (unpaired) electrons. The number of esters is 1. The number of aliphatic hydroxyl groups is 1. The third-order valence-electron chi connectivity index (χ3n) is 8.94. The van der Waals surface area contributed by atoms with Crippen molar-refractivity contribution in [2.75, 3.05) is 24.7 Å². The Morgan fingerprint density at radius 3 is 2.60 bits per heavy atom. The zero-order valence-corrected chi connectivity index (χ0v) is 24.4. The average Bonchev–Trinajstić information content (AvgIpc) is 3.54. The van der Waals surface area contributed by atoms with Crippen LogP contribution in [0.1, 0.15) is 52.9 Å². The number of carbonyl (C=O) groups excluding carboxylic acids is 3. The molecular formula is C31H41ClN2O6. The number of fused-ring (bicyclic) bond motifs is 1. The SMILES string of the molecule is C=CCCCOC(=O)[C@@H]1[C@H]2C(=O)N([C@@H](CO)C(C)C)C(C(=O)N(CC=C)c3ccccc3Cl)C23CC[C@@]1(CC)O3. The Labute approximate surface area is 241 Å². The van der Waals surface area contributed by atoms with E-state index >= 15 is 0 Å². The normalized spacial score (nSPS) is 29.4. The van der Waals surface area contributed by atoms with Gasteiger partial charge < -0.3 is 24.4 Å². The summed E-state index contributed by atoms with van der Waals surface area (Å²) < 4.78 is 12.5. The third-order valence-corrected chi connectivity index (χ3v) is 9.26. The van der Waals surface area contributed by atoms with Gasteiger partial charge in [-0.1, -0.05) is 56.7 Å². The number of benzene rings is 1. The topological polar surface area (TPSA) is 96.4 Å². The van der Waals surface area contributed by atoms with Crippen molar-refractivity contribution in [1.82, 2.24) is 4.90 Å². The highest BCUT2D eigenvalue weighted by molar-refractivity contribution is 6.34. The second-order valence-corrected chi connectivity index (χ2v) is 11.8. The van der Waals surface area contributed by atoms with Gasteiger partial charge in [-0.3, -0.25) is 14.4 Å². The van der Waals surface area contributed by atoms with E-state index < -0.39 is 41.1 Å². The molecule has 8 nitrogen and oxygen atoms in total. The van der Waals surface area contributed by atoms with Crippen LogP contribution in [0, 0.1) is 17.8 Å². The lowest BCUT2D eigenvalue weighted by atomic mass is 9.65. The molecular weight excluding hydrogens is 532 g/mol. The van der Waals surface area contributed by atoms with E-state index in [0.717, 1.165) is 0 Å². The second-order valence-electron chi connectivity index (χ2n) is 11.4. The van der Waals surface area contributed by atoms with Crippen LogP contribution in [0.4, 0.5) is 5.69 Å². The lowest BCUT2D eigenvalue weighted by Gasteiger charge is -2.40. The van der Waals surface area contributed by atoms with Crippen LogP contribution < -0.4 is 4.90 Å². The number of unbranched alkanes of at least 4 members (excludes halogenated alkanes) is 1. The summed E-state index contributed by atoms with van der Waals surface area (Å²) >= 11 is 6.53. The zero-order valence-electron chi connectivity index (χ0n) is 23.7. The van der Waals surface area contributed by atoms with E-state index in [-0.39, 0.29) is 37.5 Å². The Hall–Kier alpha value is -2.68. The lowest BCUT2D eigenvalue weighted by molar-refractivity contribution is -0.162. The molecule has 0 saturated carbocycles. The summed E-state index contributed by atoms with van der Waals surface area (Å²) in [6.45, 7) is 13.3. The third kappa shape index (κ3) is 4.78. The van der Waals surface area contributed by atoms with Gasteiger partial charge in [0.05, 0.1) is 41.5 Å². The lowest BCUT2D eigenvalue weighted by Crippen LogP contribution is -2.60. The van der Waals surface area contributed by atoms with Gasteiger partial charge in [-0.2, -0.15) is 0 Å². The number of allylic oxidation sites excluding steroid dienone is 1. The van der Waals surface area contributed by atoms with E-state index in [1.165, 1.54) is 9.80 Å². The first kappa shape index (κ1) is 30.3. The van der Waals surface area contributed by atoms with Gasteiger partial charge in [0.25, 0.3) is 5.91 Å². The van der Waals surface area contributed by atoms with Crippen LogP contribution in [-0.4, -0.2) is 70.8 Å². The minimum atomic E-state index is -1.24. The molecule has 2 unspecified atom stereocenters. The van der Waals surface area contributed by atoms with Gasteiger partial charge in [-0.25, -0.2) is 0 Å². The first-order valence-electron chi connectivity index (χ1n) is 14.2. The quantitative estimate of drug-likeness (QED) is 0.212. The van der Waals surface area contributed by atoms with E-state index in [9.17, 15) is 19.5 Å².